The summed E-state index contributed by atoms with van der Waals surface area (Å²) >= 11 is 0. The maximum absolute atomic E-state index is 11.5. The van der Waals surface area contributed by atoms with Crippen molar-refractivity contribution in [1.29, 1.82) is 0 Å². The van der Waals surface area contributed by atoms with E-state index in [2.05, 4.69) is 6.92 Å². The van der Waals surface area contributed by atoms with E-state index in [-0.39, 0.29) is 11.7 Å². The molecule has 0 heterocycles. The number of hydrogen-bond donors (Lipinski definition) is 1. The second kappa shape index (κ2) is 8.56. The van der Waals surface area contributed by atoms with Crippen molar-refractivity contribution in [2.75, 3.05) is 0 Å². The number of unbranched alkanes of at least 4 members (excludes halogenated alkanes) is 5. The lowest BCUT2D eigenvalue weighted by Gasteiger charge is -2.04. The van der Waals surface area contributed by atoms with Gasteiger partial charge >= 0.3 is 5.97 Å². The minimum atomic E-state index is -0.198. The molecule has 0 fully saturated rings. The molecule has 0 unspecified atom stereocenters. The van der Waals surface area contributed by atoms with Crippen LogP contribution in [-0.2, 0) is 4.79 Å². The van der Waals surface area contributed by atoms with E-state index in [0.717, 1.165) is 12.8 Å². The van der Waals surface area contributed by atoms with Crippen molar-refractivity contribution in [3.8, 4) is 11.5 Å². The van der Waals surface area contributed by atoms with Gasteiger partial charge in [0.15, 0.2) is 0 Å². The Morgan fingerprint density at radius 1 is 1.06 bits per heavy atom. The van der Waals surface area contributed by atoms with E-state index >= 15 is 0 Å². The highest BCUT2D eigenvalue weighted by atomic mass is 16.5. The molecule has 1 N–H and O–H groups in total. The summed E-state index contributed by atoms with van der Waals surface area (Å²) in [6.07, 6.45) is 7.41. The molecule has 0 saturated heterocycles. The van der Waals surface area contributed by atoms with Gasteiger partial charge in [0, 0.05) is 6.42 Å². The Hall–Kier alpha value is -1.51. The zero-order valence-corrected chi connectivity index (χ0v) is 11.0. The normalized spacial score (nSPS) is 10.3. The second-order valence-electron chi connectivity index (χ2n) is 4.49. The maximum Gasteiger partial charge on any atom is 0.311 e. The fraction of sp³-hybridized carbons (Fsp3) is 0.533. The fourth-order valence-corrected chi connectivity index (χ4v) is 1.75. The molecule has 1 aromatic rings. The number of benzene rings is 1. The van der Waals surface area contributed by atoms with E-state index in [4.69, 9.17) is 9.84 Å². The molecule has 100 valence electrons. The third-order valence-electron chi connectivity index (χ3n) is 2.80. The Bertz CT molecular complexity index is 343. The van der Waals surface area contributed by atoms with E-state index in [9.17, 15) is 4.79 Å². The minimum absolute atomic E-state index is 0.172. The average molecular weight is 250 g/mol. The summed E-state index contributed by atoms with van der Waals surface area (Å²) in [5, 5.41) is 9.09. The van der Waals surface area contributed by atoms with E-state index in [1.165, 1.54) is 37.8 Å². The van der Waals surface area contributed by atoms with Crippen LogP contribution in [0.3, 0.4) is 0 Å². The van der Waals surface area contributed by atoms with Gasteiger partial charge in [-0.1, -0.05) is 39.0 Å². The smallest absolute Gasteiger partial charge is 0.311 e. The molecule has 0 aromatic heterocycles. The molecule has 0 aliphatic carbocycles. The molecular formula is C15H22O3. The number of aromatic hydroxyl groups is 1. The summed E-state index contributed by atoms with van der Waals surface area (Å²) in [5.41, 5.74) is 0. The summed E-state index contributed by atoms with van der Waals surface area (Å²) in [6, 6.07) is 6.20. The van der Waals surface area contributed by atoms with E-state index in [1.807, 2.05) is 0 Å². The third-order valence-corrected chi connectivity index (χ3v) is 2.80. The Balaban J connectivity index is 2.12. The number of hydrogen-bond acceptors (Lipinski definition) is 3. The number of phenolic OH excluding ortho intramolecular Hbond substituents is 1. The number of phenols is 1. The molecule has 0 radical (unpaired) electrons. The number of esters is 1. The zero-order valence-electron chi connectivity index (χ0n) is 11.0. The van der Waals surface area contributed by atoms with Crippen molar-refractivity contribution >= 4 is 5.97 Å². The van der Waals surface area contributed by atoms with Crippen molar-refractivity contribution in [2.45, 2.75) is 51.9 Å². The first-order valence-electron chi connectivity index (χ1n) is 6.72. The van der Waals surface area contributed by atoms with Gasteiger partial charge in [0.25, 0.3) is 0 Å². The highest BCUT2D eigenvalue weighted by Crippen LogP contribution is 2.17. The van der Waals surface area contributed by atoms with Crippen LogP contribution in [0.15, 0.2) is 24.3 Å². The zero-order chi connectivity index (χ0) is 13.2. The second-order valence-corrected chi connectivity index (χ2v) is 4.49. The van der Waals surface area contributed by atoms with Gasteiger partial charge in [-0.3, -0.25) is 4.79 Å². The van der Waals surface area contributed by atoms with Crippen molar-refractivity contribution in [1.82, 2.24) is 0 Å². The summed E-state index contributed by atoms with van der Waals surface area (Å²) in [7, 11) is 0. The first-order chi connectivity index (χ1) is 8.72. The highest BCUT2D eigenvalue weighted by molar-refractivity contribution is 5.72. The monoisotopic (exact) mass is 250 g/mol. The van der Waals surface area contributed by atoms with Crippen molar-refractivity contribution in [3.63, 3.8) is 0 Å². The summed E-state index contributed by atoms with van der Waals surface area (Å²) in [4.78, 5) is 11.5. The number of carbonyl (C=O) groups is 1. The van der Waals surface area contributed by atoms with E-state index in [1.54, 1.807) is 12.1 Å². The minimum Gasteiger partial charge on any atom is -0.508 e. The van der Waals surface area contributed by atoms with Crippen LogP contribution in [0.5, 0.6) is 11.5 Å². The summed E-state index contributed by atoms with van der Waals surface area (Å²) in [5.74, 6) is 0.464. The molecule has 0 amide bonds. The standard InChI is InChI=1S/C15H22O3/c1-2-3-4-5-6-7-8-15(17)18-14-11-9-13(16)10-12-14/h9-12,16H,2-8H2,1H3. The quantitative estimate of drug-likeness (QED) is 0.430. The van der Waals surface area contributed by atoms with Gasteiger partial charge in [0.05, 0.1) is 0 Å². The van der Waals surface area contributed by atoms with Crippen LogP contribution in [0.25, 0.3) is 0 Å². The Morgan fingerprint density at radius 3 is 2.33 bits per heavy atom. The lowest BCUT2D eigenvalue weighted by molar-refractivity contribution is -0.134. The van der Waals surface area contributed by atoms with Crippen molar-refractivity contribution < 1.29 is 14.6 Å². The molecule has 0 saturated carbocycles. The largest absolute Gasteiger partial charge is 0.508 e. The molecule has 3 nitrogen and oxygen atoms in total. The topological polar surface area (TPSA) is 46.5 Å². The molecule has 0 aliphatic rings. The first kappa shape index (κ1) is 14.6. The highest BCUT2D eigenvalue weighted by Gasteiger charge is 2.04. The van der Waals surface area contributed by atoms with Gasteiger partial charge in [-0.05, 0) is 30.7 Å². The molecule has 0 atom stereocenters. The fourth-order valence-electron chi connectivity index (χ4n) is 1.75. The van der Waals surface area contributed by atoms with Crippen LogP contribution >= 0.6 is 0 Å². The molecule has 0 aliphatic heterocycles. The van der Waals surface area contributed by atoms with E-state index in [0.29, 0.717) is 12.2 Å². The lowest BCUT2D eigenvalue weighted by Crippen LogP contribution is -2.07. The molecule has 1 aromatic carbocycles. The molecular weight excluding hydrogens is 228 g/mol. The Morgan fingerprint density at radius 2 is 1.67 bits per heavy atom. The third kappa shape index (κ3) is 6.28. The number of ether oxygens (including phenoxy) is 1. The van der Waals surface area contributed by atoms with Crippen LogP contribution in [0.1, 0.15) is 51.9 Å². The SMILES string of the molecule is CCCCCCCCC(=O)Oc1ccc(O)cc1. The number of rotatable bonds is 8. The summed E-state index contributed by atoms with van der Waals surface area (Å²) < 4.78 is 5.15. The van der Waals surface area contributed by atoms with Crippen LogP contribution in [-0.4, -0.2) is 11.1 Å². The van der Waals surface area contributed by atoms with E-state index < -0.39 is 0 Å². The van der Waals surface area contributed by atoms with Gasteiger partial charge in [-0.2, -0.15) is 0 Å². The molecule has 3 heteroatoms. The van der Waals surface area contributed by atoms with Crippen LogP contribution in [0.4, 0.5) is 0 Å². The predicted octanol–water partition coefficient (Wildman–Crippen LogP) is 4.05. The predicted molar refractivity (Wildman–Crippen MR) is 71.7 cm³/mol. The van der Waals surface area contributed by atoms with Crippen molar-refractivity contribution in [3.05, 3.63) is 24.3 Å². The van der Waals surface area contributed by atoms with Gasteiger partial charge in [0.2, 0.25) is 0 Å². The van der Waals surface area contributed by atoms with Gasteiger partial charge in [-0.25, -0.2) is 0 Å². The Labute approximate surface area is 109 Å². The molecule has 18 heavy (non-hydrogen) atoms. The van der Waals surface area contributed by atoms with Crippen LogP contribution < -0.4 is 4.74 Å². The van der Waals surface area contributed by atoms with Gasteiger partial charge in [-0.15, -0.1) is 0 Å². The van der Waals surface area contributed by atoms with Gasteiger partial charge < -0.3 is 9.84 Å². The van der Waals surface area contributed by atoms with Gasteiger partial charge in [0.1, 0.15) is 11.5 Å². The van der Waals surface area contributed by atoms with Crippen LogP contribution in [0, 0.1) is 0 Å². The maximum atomic E-state index is 11.5. The number of carbonyl (C=O) groups excluding carboxylic acids is 1. The molecule has 0 spiro atoms. The molecule has 0 bridgehead atoms. The van der Waals surface area contributed by atoms with Crippen LogP contribution in [0.2, 0.25) is 0 Å². The lowest BCUT2D eigenvalue weighted by atomic mass is 10.1. The average Bonchev–Trinajstić information content (AvgIpc) is 2.36. The first-order valence-corrected chi connectivity index (χ1v) is 6.72. The molecule has 1 rings (SSSR count). The van der Waals surface area contributed by atoms with Crippen molar-refractivity contribution in [2.24, 2.45) is 0 Å². The summed E-state index contributed by atoms with van der Waals surface area (Å²) in [6.45, 7) is 2.19. The Kier molecular flexibility index (Phi) is 6.92.